The molecule has 5 heteroatoms. The number of nitrogens with zero attached hydrogens (tertiary/aromatic N) is 1. The van der Waals surface area contributed by atoms with Crippen molar-refractivity contribution in [3.8, 4) is 6.07 Å². The Balaban J connectivity index is 3.47. The molecule has 0 aliphatic carbocycles. The lowest BCUT2D eigenvalue weighted by molar-refractivity contribution is 0.101. The Kier molecular flexibility index (Phi) is 3.10. The Bertz CT molecular complexity index is 449. The van der Waals surface area contributed by atoms with Gasteiger partial charge in [0, 0.05) is 11.1 Å². The van der Waals surface area contributed by atoms with E-state index in [0.29, 0.717) is 0 Å². The summed E-state index contributed by atoms with van der Waals surface area (Å²) in [5.74, 6) is -1.62. The van der Waals surface area contributed by atoms with E-state index in [9.17, 15) is 18.0 Å². The number of hydrogen-bond donors (Lipinski definition) is 0. The molecule has 0 fully saturated rings. The fourth-order valence-corrected chi connectivity index (χ4v) is 1.12. The normalized spacial score (nSPS) is 10.1. The van der Waals surface area contributed by atoms with Crippen molar-refractivity contribution in [2.75, 3.05) is 0 Å². The van der Waals surface area contributed by atoms with Crippen molar-refractivity contribution in [1.82, 2.24) is 0 Å². The summed E-state index contributed by atoms with van der Waals surface area (Å²) in [6, 6.07) is 2.97. The maximum atomic E-state index is 13.1. The zero-order valence-electron chi connectivity index (χ0n) is 7.72. The van der Waals surface area contributed by atoms with Gasteiger partial charge in [-0.05, 0) is 19.1 Å². The molecule has 78 valence electrons. The highest BCUT2D eigenvalue weighted by Crippen LogP contribution is 2.26. The molecular formula is C10H6F3NO. The molecule has 0 aromatic heterocycles. The molecule has 0 aliphatic rings. The van der Waals surface area contributed by atoms with Crippen LogP contribution >= 0.6 is 0 Å². The Morgan fingerprint density at radius 2 is 2.07 bits per heavy atom. The van der Waals surface area contributed by atoms with E-state index in [1.165, 1.54) is 6.07 Å². The molecule has 0 bridgehead atoms. The van der Waals surface area contributed by atoms with Crippen LogP contribution in [0.15, 0.2) is 12.1 Å². The van der Waals surface area contributed by atoms with Gasteiger partial charge in [0.2, 0.25) is 0 Å². The summed E-state index contributed by atoms with van der Waals surface area (Å²) in [7, 11) is 0. The predicted molar refractivity (Wildman–Crippen MR) is 46.1 cm³/mol. The van der Waals surface area contributed by atoms with Gasteiger partial charge in [0.1, 0.15) is 11.9 Å². The molecule has 0 spiro atoms. The summed E-state index contributed by atoms with van der Waals surface area (Å²) in [4.78, 5) is 10.9. The molecule has 0 atom stereocenters. The van der Waals surface area contributed by atoms with E-state index >= 15 is 0 Å². The number of ketones is 1. The van der Waals surface area contributed by atoms with Crippen LogP contribution in [-0.2, 0) is 0 Å². The van der Waals surface area contributed by atoms with Crippen LogP contribution in [0.4, 0.5) is 13.2 Å². The van der Waals surface area contributed by atoms with E-state index in [0.717, 1.165) is 19.1 Å². The van der Waals surface area contributed by atoms with E-state index in [2.05, 4.69) is 0 Å². The summed E-state index contributed by atoms with van der Waals surface area (Å²) in [5.41, 5.74) is -1.63. The van der Waals surface area contributed by atoms with Gasteiger partial charge in [-0.2, -0.15) is 5.26 Å². The lowest BCUT2D eigenvalue weighted by Gasteiger charge is -2.05. The Hall–Kier alpha value is -1.83. The lowest BCUT2D eigenvalue weighted by Crippen LogP contribution is -2.01. The van der Waals surface area contributed by atoms with Crippen LogP contribution in [0.3, 0.4) is 0 Å². The van der Waals surface area contributed by atoms with Gasteiger partial charge in [0.15, 0.2) is 5.78 Å². The molecule has 0 saturated heterocycles. The number of Topliss-reactive ketones (excluding diaryl/α,β-unsaturated/α-hetero) is 1. The average Bonchev–Trinajstić information content (AvgIpc) is 2.16. The van der Waals surface area contributed by atoms with Gasteiger partial charge >= 0.3 is 0 Å². The van der Waals surface area contributed by atoms with E-state index in [-0.39, 0.29) is 5.56 Å². The third kappa shape index (κ3) is 2.15. The van der Waals surface area contributed by atoms with E-state index in [1.807, 2.05) is 0 Å². The summed E-state index contributed by atoms with van der Waals surface area (Å²) in [5, 5.41) is 8.47. The van der Waals surface area contributed by atoms with Crippen LogP contribution in [0.25, 0.3) is 0 Å². The van der Waals surface area contributed by atoms with Gasteiger partial charge in [-0.3, -0.25) is 4.79 Å². The van der Waals surface area contributed by atoms with Gasteiger partial charge in [0.25, 0.3) is 6.43 Å². The SMILES string of the molecule is CC(=O)c1cc(F)c(C#N)c(C(F)F)c1. The number of hydrogen-bond acceptors (Lipinski definition) is 2. The van der Waals surface area contributed by atoms with E-state index in [4.69, 9.17) is 5.26 Å². The van der Waals surface area contributed by atoms with Crippen molar-refractivity contribution in [1.29, 1.82) is 5.26 Å². The number of rotatable bonds is 2. The largest absolute Gasteiger partial charge is 0.295 e. The Labute approximate surface area is 83.9 Å². The molecule has 0 heterocycles. The minimum Gasteiger partial charge on any atom is -0.295 e. The molecule has 0 N–H and O–H groups in total. The molecule has 1 aromatic carbocycles. The van der Waals surface area contributed by atoms with Crippen molar-refractivity contribution in [3.05, 3.63) is 34.6 Å². The van der Waals surface area contributed by atoms with Crippen molar-refractivity contribution in [2.24, 2.45) is 0 Å². The van der Waals surface area contributed by atoms with Crippen molar-refractivity contribution >= 4 is 5.78 Å². The van der Waals surface area contributed by atoms with Gasteiger partial charge < -0.3 is 0 Å². The molecule has 15 heavy (non-hydrogen) atoms. The molecule has 0 amide bonds. The molecule has 1 aromatic rings. The first kappa shape index (κ1) is 11.2. The summed E-state index contributed by atoms with van der Waals surface area (Å²) in [6.07, 6.45) is -2.98. The van der Waals surface area contributed by atoms with Crippen molar-refractivity contribution in [3.63, 3.8) is 0 Å². The van der Waals surface area contributed by atoms with Gasteiger partial charge in [0.05, 0.1) is 5.56 Å². The molecule has 0 radical (unpaired) electrons. The van der Waals surface area contributed by atoms with Crippen molar-refractivity contribution < 1.29 is 18.0 Å². The van der Waals surface area contributed by atoms with E-state index in [1.54, 1.807) is 0 Å². The standard InChI is InChI=1S/C10H6F3NO/c1-5(15)6-2-7(10(12)13)8(4-14)9(11)3-6/h2-3,10H,1H3. The second-order valence-corrected chi connectivity index (χ2v) is 2.89. The lowest BCUT2D eigenvalue weighted by atomic mass is 10.0. The monoisotopic (exact) mass is 213 g/mol. The highest BCUT2D eigenvalue weighted by molar-refractivity contribution is 5.94. The first-order valence-corrected chi connectivity index (χ1v) is 4.00. The smallest absolute Gasteiger partial charge is 0.265 e. The number of benzene rings is 1. The van der Waals surface area contributed by atoms with Crippen LogP contribution in [0.2, 0.25) is 0 Å². The summed E-state index contributed by atoms with van der Waals surface area (Å²) in [6.45, 7) is 1.13. The predicted octanol–water partition coefficient (Wildman–Crippen LogP) is 2.84. The minimum atomic E-state index is -2.98. The number of carbonyl (C=O) groups excluding carboxylic acids is 1. The second-order valence-electron chi connectivity index (χ2n) is 2.89. The van der Waals surface area contributed by atoms with Crippen LogP contribution in [0, 0.1) is 17.1 Å². The molecule has 0 saturated carbocycles. The fraction of sp³-hybridized carbons (Fsp3) is 0.200. The van der Waals surface area contributed by atoms with Gasteiger partial charge in [-0.25, -0.2) is 13.2 Å². The Morgan fingerprint density at radius 3 is 2.47 bits per heavy atom. The zero-order valence-corrected chi connectivity index (χ0v) is 7.72. The molecule has 2 nitrogen and oxygen atoms in total. The number of alkyl halides is 2. The van der Waals surface area contributed by atoms with Crippen LogP contribution in [-0.4, -0.2) is 5.78 Å². The van der Waals surface area contributed by atoms with Gasteiger partial charge in [-0.1, -0.05) is 0 Å². The maximum Gasteiger partial charge on any atom is 0.265 e. The highest BCUT2D eigenvalue weighted by Gasteiger charge is 2.19. The third-order valence-electron chi connectivity index (χ3n) is 1.87. The fourth-order valence-electron chi connectivity index (χ4n) is 1.12. The quantitative estimate of drug-likeness (QED) is 0.708. The number of carbonyl (C=O) groups is 1. The maximum absolute atomic E-state index is 13.1. The van der Waals surface area contributed by atoms with E-state index < -0.39 is 29.2 Å². The molecular weight excluding hydrogens is 207 g/mol. The molecule has 0 unspecified atom stereocenters. The number of halogens is 3. The zero-order chi connectivity index (χ0) is 11.6. The number of nitriles is 1. The van der Waals surface area contributed by atoms with Gasteiger partial charge in [-0.15, -0.1) is 0 Å². The van der Waals surface area contributed by atoms with Crippen LogP contribution in [0.1, 0.15) is 34.8 Å². The second kappa shape index (κ2) is 4.13. The molecule has 0 aliphatic heterocycles. The first-order valence-electron chi connectivity index (χ1n) is 4.00. The minimum absolute atomic E-state index is 0.165. The summed E-state index contributed by atoms with van der Waals surface area (Å²) >= 11 is 0. The topological polar surface area (TPSA) is 40.9 Å². The van der Waals surface area contributed by atoms with Crippen LogP contribution in [0.5, 0.6) is 0 Å². The van der Waals surface area contributed by atoms with Crippen LogP contribution < -0.4 is 0 Å². The first-order chi connectivity index (χ1) is 6.97. The summed E-state index contributed by atoms with van der Waals surface area (Å²) < 4.78 is 37.9. The average molecular weight is 213 g/mol. The third-order valence-corrected chi connectivity index (χ3v) is 1.87. The van der Waals surface area contributed by atoms with Crippen molar-refractivity contribution in [2.45, 2.75) is 13.3 Å². The highest BCUT2D eigenvalue weighted by atomic mass is 19.3. The molecule has 1 rings (SSSR count). The Morgan fingerprint density at radius 1 is 1.47 bits per heavy atom.